The summed E-state index contributed by atoms with van der Waals surface area (Å²) in [5, 5.41) is 12.5. The summed E-state index contributed by atoms with van der Waals surface area (Å²) in [6.07, 6.45) is 3.75. The van der Waals surface area contributed by atoms with Crippen LogP contribution in [0.5, 0.6) is 11.5 Å². The summed E-state index contributed by atoms with van der Waals surface area (Å²) < 4.78 is 23.6. The smallest absolute Gasteiger partial charge is 0.337 e. The summed E-state index contributed by atoms with van der Waals surface area (Å²) in [6.45, 7) is 0. The lowest BCUT2D eigenvalue weighted by molar-refractivity contribution is 0.0698. The number of carboxylic acid groups (broad SMARTS) is 1. The first kappa shape index (κ1) is 19.9. The normalized spacial score (nSPS) is 10.7. The Morgan fingerprint density at radius 3 is 2.14 bits per heavy atom. The van der Waals surface area contributed by atoms with Gasteiger partial charge in [-0.15, -0.1) is 0 Å². The molecule has 0 bridgehead atoms. The number of halogens is 1. The molecule has 0 aliphatic carbocycles. The molecule has 3 aromatic carbocycles. The Morgan fingerprint density at radius 2 is 1.52 bits per heavy atom. The number of hydrogen-bond donors (Lipinski definition) is 2. The van der Waals surface area contributed by atoms with Crippen molar-refractivity contribution in [1.82, 2.24) is 0 Å². The third-order valence-electron chi connectivity index (χ3n) is 4.27. The molecular weight excluding hydrogens is 373 g/mol. The number of rotatable bonds is 7. The van der Waals surface area contributed by atoms with Gasteiger partial charge in [-0.25, -0.2) is 9.18 Å². The maximum absolute atomic E-state index is 13.1. The minimum absolute atomic E-state index is 0.123. The van der Waals surface area contributed by atoms with Gasteiger partial charge in [-0.3, -0.25) is 0 Å². The van der Waals surface area contributed by atoms with Gasteiger partial charge in [0.15, 0.2) is 11.5 Å². The number of anilines is 2. The van der Waals surface area contributed by atoms with Crippen LogP contribution in [0.15, 0.2) is 60.7 Å². The van der Waals surface area contributed by atoms with Gasteiger partial charge in [-0.2, -0.15) is 0 Å². The van der Waals surface area contributed by atoms with Gasteiger partial charge in [0.1, 0.15) is 5.82 Å². The zero-order valence-electron chi connectivity index (χ0n) is 16.0. The first-order valence-corrected chi connectivity index (χ1v) is 8.80. The number of hydrogen-bond acceptors (Lipinski definition) is 4. The van der Waals surface area contributed by atoms with Gasteiger partial charge >= 0.3 is 5.97 Å². The van der Waals surface area contributed by atoms with E-state index in [4.69, 9.17) is 9.47 Å². The molecule has 0 aromatic heterocycles. The molecule has 0 radical (unpaired) electrons. The van der Waals surface area contributed by atoms with Crippen molar-refractivity contribution in [3.05, 3.63) is 83.2 Å². The molecule has 0 amide bonds. The Balaban J connectivity index is 1.89. The molecule has 0 aliphatic heterocycles. The van der Waals surface area contributed by atoms with Crippen LogP contribution in [0.3, 0.4) is 0 Å². The first-order chi connectivity index (χ1) is 14.0. The lowest BCUT2D eigenvalue weighted by atomic mass is 10.1. The van der Waals surface area contributed by atoms with E-state index in [1.165, 1.54) is 18.2 Å². The molecule has 29 heavy (non-hydrogen) atoms. The van der Waals surface area contributed by atoms with E-state index in [1.807, 2.05) is 30.4 Å². The Bertz CT molecular complexity index is 1050. The number of nitrogens with one attached hydrogen (secondary N) is 1. The van der Waals surface area contributed by atoms with Crippen LogP contribution >= 0.6 is 0 Å². The number of ether oxygens (including phenoxy) is 2. The zero-order chi connectivity index (χ0) is 20.8. The van der Waals surface area contributed by atoms with Gasteiger partial charge in [0.05, 0.1) is 25.5 Å². The summed E-state index contributed by atoms with van der Waals surface area (Å²) in [7, 11) is 3.15. The SMILES string of the molecule is COc1ccc(/C=C/c2ccc(C(=O)O)c(Nc3ccc(F)cc3)c2)cc1OC. The number of carbonyl (C=O) groups is 1. The average molecular weight is 393 g/mol. The van der Waals surface area contributed by atoms with Crippen LogP contribution in [-0.2, 0) is 0 Å². The fourth-order valence-corrected chi connectivity index (χ4v) is 2.79. The summed E-state index contributed by atoms with van der Waals surface area (Å²) in [5.41, 5.74) is 2.83. The first-order valence-electron chi connectivity index (χ1n) is 8.80. The highest BCUT2D eigenvalue weighted by molar-refractivity contribution is 5.96. The summed E-state index contributed by atoms with van der Waals surface area (Å²) in [6, 6.07) is 16.2. The average Bonchev–Trinajstić information content (AvgIpc) is 2.73. The van der Waals surface area contributed by atoms with E-state index in [9.17, 15) is 14.3 Å². The number of methoxy groups -OCH3 is 2. The predicted octanol–water partition coefficient (Wildman–Crippen LogP) is 5.46. The molecule has 0 atom stereocenters. The second kappa shape index (κ2) is 8.93. The van der Waals surface area contributed by atoms with Crippen molar-refractivity contribution in [2.75, 3.05) is 19.5 Å². The quantitative estimate of drug-likeness (QED) is 0.522. The van der Waals surface area contributed by atoms with Crippen LogP contribution in [-0.4, -0.2) is 25.3 Å². The van der Waals surface area contributed by atoms with Gasteiger partial charge in [0.25, 0.3) is 0 Å². The van der Waals surface area contributed by atoms with Gasteiger partial charge in [0, 0.05) is 5.69 Å². The third-order valence-corrected chi connectivity index (χ3v) is 4.27. The molecule has 0 unspecified atom stereocenters. The second-order valence-corrected chi connectivity index (χ2v) is 6.19. The molecule has 148 valence electrons. The highest BCUT2D eigenvalue weighted by atomic mass is 19.1. The molecule has 3 rings (SSSR count). The van der Waals surface area contributed by atoms with Crippen molar-refractivity contribution < 1.29 is 23.8 Å². The fourth-order valence-electron chi connectivity index (χ4n) is 2.79. The molecule has 2 N–H and O–H groups in total. The summed E-state index contributed by atoms with van der Waals surface area (Å²) >= 11 is 0. The molecule has 0 heterocycles. The zero-order valence-corrected chi connectivity index (χ0v) is 16.0. The summed E-state index contributed by atoms with van der Waals surface area (Å²) in [4.78, 5) is 11.5. The minimum Gasteiger partial charge on any atom is -0.493 e. The molecule has 0 saturated carbocycles. The maximum atomic E-state index is 13.1. The van der Waals surface area contributed by atoms with Crippen LogP contribution in [0.4, 0.5) is 15.8 Å². The van der Waals surface area contributed by atoms with Gasteiger partial charge in [-0.1, -0.05) is 24.3 Å². The van der Waals surface area contributed by atoms with Crippen LogP contribution < -0.4 is 14.8 Å². The lowest BCUT2D eigenvalue weighted by Gasteiger charge is -2.11. The predicted molar refractivity (Wildman–Crippen MR) is 112 cm³/mol. The fraction of sp³-hybridized carbons (Fsp3) is 0.0870. The molecule has 0 fully saturated rings. The van der Waals surface area contributed by atoms with E-state index in [2.05, 4.69) is 5.32 Å². The van der Waals surface area contributed by atoms with Crippen LogP contribution in [0, 0.1) is 5.82 Å². The molecule has 6 heteroatoms. The minimum atomic E-state index is -1.05. The van der Waals surface area contributed by atoms with Crippen LogP contribution in [0.25, 0.3) is 12.2 Å². The molecule has 5 nitrogen and oxygen atoms in total. The van der Waals surface area contributed by atoms with Crippen LogP contribution in [0.1, 0.15) is 21.5 Å². The van der Waals surface area contributed by atoms with Crippen molar-refractivity contribution in [2.45, 2.75) is 0 Å². The van der Waals surface area contributed by atoms with Crippen molar-refractivity contribution in [2.24, 2.45) is 0 Å². The Kier molecular flexibility index (Phi) is 6.14. The maximum Gasteiger partial charge on any atom is 0.337 e. The molecule has 0 saturated heterocycles. The van der Waals surface area contributed by atoms with E-state index < -0.39 is 5.97 Å². The number of carboxylic acids is 1. The van der Waals surface area contributed by atoms with E-state index in [0.29, 0.717) is 22.9 Å². The standard InChI is InChI=1S/C23H20FNO4/c1-28-21-12-6-16(14-22(21)29-2)4-3-15-5-11-19(23(26)27)20(13-15)25-18-9-7-17(24)8-10-18/h3-14,25H,1-2H3,(H,26,27)/b4-3+. The monoisotopic (exact) mass is 393 g/mol. The Labute approximate surface area is 168 Å². The van der Waals surface area contributed by atoms with E-state index in [1.54, 1.807) is 38.5 Å². The molecular formula is C23H20FNO4. The molecule has 0 aliphatic rings. The van der Waals surface area contributed by atoms with E-state index in [0.717, 1.165) is 11.1 Å². The second-order valence-electron chi connectivity index (χ2n) is 6.19. The number of benzene rings is 3. The topological polar surface area (TPSA) is 67.8 Å². The molecule has 3 aromatic rings. The van der Waals surface area contributed by atoms with Crippen LogP contribution in [0.2, 0.25) is 0 Å². The van der Waals surface area contributed by atoms with Crippen molar-refractivity contribution in [3.63, 3.8) is 0 Å². The van der Waals surface area contributed by atoms with Crippen molar-refractivity contribution in [3.8, 4) is 11.5 Å². The Morgan fingerprint density at radius 1 is 0.897 bits per heavy atom. The lowest BCUT2D eigenvalue weighted by Crippen LogP contribution is -2.03. The van der Waals surface area contributed by atoms with Gasteiger partial charge in [0.2, 0.25) is 0 Å². The van der Waals surface area contributed by atoms with Crippen molar-refractivity contribution >= 4 is 29.5 Å². The van der Waals surface area contributed by atoms with E-state index >= 15 is 0 Å². The highest BCUT2D eigenvalue weighted by Gasteiger charge is 2.11. The number of aromatic carboxylic acids is 1. The van der Waals surface area contributed by atoms with Crippen molar-refractivity contribution in [1.29, 1.82) is 0 Å². The Hall–Kier alpha value is -3.80. The highest BCUT2D eigenvalue weighted by Crippen LogP contribution is 2.29. The van der Waals surface area contributed by atoms with Gasteiger partial charge in [-0.05, 0) is 59.7 Å². The summed E-state index contributed by atoms with van der Waals surface area (Å²) in [5.74, 6) is -0.151. The van der Waals surface area contributed by atoms with E-state index in [-0.39, 0.29) is 11.4 Å². The largest absolute Gasteiger partial charge is 0.493 e. The molecule has 0 spiro atoms. The van der Waals surface area contributed by atoms with Gasteiger partial charge < -0.3 is 19.9 Å². The third kappa shape index (κ3) is 4.93.